The first-order valence-electron chi connectivity index (χ1n) is 7.94. The first kappa shape index (κ1) is 14.8. The van der Waals surface area contributed by atoms with Crippen molar-refractivity contribution in [3.8, 4) is 28.9 Å². The Bertz CT molecular complexity index is 821. The summed E-state index contributed by atoms with van der Waals surface area (Å²) in [5.41, 5.74) is 0.820. The quantitative estimate of drug-likeness (QED) is 0.783. The van der Waals surface area contributed by atoms with Gasteiger partial charge in [0.1, 0.15) is 12.1 Å². The summed E-state index contributed by atoms with van der Waals surface area (Å²) in [4.78, 5) is 8.70. The molecule has 8 heteroatoms. The maximum Gasteiger partial charge on any atom is 0.297 e. The molecule has 2 aromatic heterocycles. The molecule has 1 aliphatic rings. The Morgan fingerprint density at radius 1 is 1.33 bits per heavy atom. The van der Waals surface area contributed by atoms with E-state index in [9.17, 15) is 0 Å². The Balaban J connectivity index is 1.57. The fraction of sp³-hybridized carbons (Fsp3) is 0.375. The number of benzene rings is 1. The van der Waals surface area contributed by atoms with Gasteiger partial charge in [-0.25, -0.2) is 9.67 Å². The summed E-state index contributed by atoms with van der Waals surface area (Å²) in [7, 11) is 1.62. The summed E-state index contributed by atoms with van der Waals surface area (Å²) < 4.78 is 12.4. The van der Waals surface area contributed by atoms with Gasteiger partial charge >= 0.3 is 0 Å². The topological polar surface area (TPSA) is 90.9 Å². The average Bonchev–Trinajstić information content (AvgIpc) is 3.32. The van der Waals surface area contributed by atoms with Crippen LogP contribution in [0.15, 0.2) is 35.1 Å². The summed E-state index contributed by atoms with van der Waals surface area (Å²) >= 11 is 0. The largest absolute Gasteiger partial charge is 0.497 e. The van der Waals surface area contributed by atoms with E-state index >= 15 is 0 Å². The molecule has 1 saturated heterocycles. The Labute approximate surface area is 138 Å². The highest BCUT2D eigenvalue weighted by molar-refractivity contribution is 5.58. The van der Waals surface area contributed by atoms with Gasteiger partial charge in [-0.3, -0.25) is 0 Å². The maximum absolute atomic E-state index is 5.32. The lowest BCUT2D eigenvalue weighted by Gasteiger charge is -2.22. The van der Waals surface area contributed by atoms with Crippen LogP contribution in [0.5, 0.6) is 5.75 Å². The van der Waals surface area contributed by atoms with E-state index in [0.29, 0.717) is 23.6 Å². The fourth-order valence-corrected chi connectivity index (χ4v) is 2.80. The molecular weight excluding hydrogens is 308 g/mol. The van der Waals surface area contributed by atoms with Crippen molar-refractivity contribution in [2.45, 2.75) is 18.9 Å². The van der Waals surface area contributed by atoms with Gasteiger partial charge in [-0.15, -0.1) is 5.10 Å². The number of piperidine rings is 1. The number of hydrogen-bond donors (Lipinski definition) is 1. The second-order valence-corrected chi connectivity index (χ2v) is 5.70. The minimum absolute atomic E-state index is 0.315. The molecule has 3 aromatic rings. The second-order valence-electron chi connectivity index (χ2n) is 5.70. The molecule has 1 N–H and O–H groups in total. The number of methoxy groups -OCH3 is 1. The van der Waals surface area contributed by atoms with Gasteiger partial charge in [0, 0.05) is 12.1 Å². The van der Waals surface area contributed by atoms with Crippen molar-refractivity contribution in [2.24, 2.45) is 0 Å². The zero-order valence-electron chi connectivity index (χ0n) is 13.3. The van der Waals surface area contributed by atoms with Crippen molar-refractivity contribution < 1.29 is 9.26 Å². The van der Waals surface area contributed by atoms with E-state index in [-0.39, 0.29) is 0 Å². The molecule has 1 aromatic carbocycles. The van der Waals surface area contributed by atoms with E-state index in [2.05, 4.69) is 25.5 Å². The molecule has 1 aliphatic heterocycles. The minimum Gasteiger partial charge on any atom is -0.497 e. The van der Waals surface area contributed by atoms with E-state index in [1.165, 1.54) is 0 Å². The third-order valence-corrected chi connectivity index (χ3v) is 4.10. The smallest absolute Gasteiger partial charge is 0.297 e. The first-order valence-corrected chi connectivity index (χ1v) is 7.94. The number of rotatable bonds is 4. The molecule has 1 unspecified atom stereocenters. The standard InChI is InChI=1S/C16H18N6O2/c1-23-13-6-2-4-11(8-13)14-19-16(24-21-14)15-18-10-22(20-15)12-5-3-7-17-9-12/h2,4,6,8,10,12,17H,3,5,7,9H2,1H3. The van der Waals surface area contributed by atoms with Crippen molar-refractivity contribution in [3.63, 3.8) is 0 Å². The zero-order valence-corrected chi connectivity index (χ0v) is 13.3. The molecule has 4 rings (SSSR count). The van der Waals surface area contributed by atoms with Gasteiger partial charge in [-0.1, -0.05) is 17.3 Å². The van der Waals surface area contributed by atoms with Gasteiger partial charge < -0.3 is 14.6 Å². The predicted molar refractivity (Wildman–Crippen MR) is 86.4 cm³/mol. The van der Waals surface area contributed by atoms with Crippen LogP contribution < -0.4 is 10.1 Å². The average molecular weight is 326 g/mol. The lowest BCUT2D eigenvalue weighted by atomic mass is 10.1. The van der Waals surface area contributed by atoms with Crippen LogP contribution in [-0.2, 0) is 0 Å². The summed E-state index contributed by atoms with van der Waals surface area (Å²) in [5, 5.41) is 11.9. The monoisotopic (exact) mass is 326 g/mol. The highest BCUT2D eigenvalue weighted by atomic mass is 16.5. The minimum atomic E-state index is 0.315. The van der Waals surface area contributed by atoms with Crippen LogP contribution in [0.1, 0.15) is 18.9 Å². The molecule has 0 saturated carbocycles. The molecule has 0 bridgehead atoms. The van der Waals surface area contributed by atoms with Gasteiger partial charge in [0.2, 0.25) is 11.6 Å². The SMILES string of the molecule is COc1cccc(-c2noc(-c3ncn(C4CCCNC4)n3)n2)c1. The lowest BCUT2D eigenvalue weighted by Crippen LogP contribution is -2.31. The van der Waals surface area contributed by atoms with Crippen LogP contribution in [0.25, 0.3) is 23.1 Å². The summed E-state index contributed by atoms with van der Waals surface area (Å²) in [5.74, 6) is 1.99. The second kappa shape index (κ2) is 6.40. The lowest BCUT2D eigenvalue weighted by molar-refractivity contribution is 0.345. The van der Waals surface area contributed by atoms with Gasteiger partial charge in [0.15, 0.2) is 0 Å². The van der Waals surface area contributed by atoms with Crippen molar-refractivity contribution >= 4 is 0 Å². The summed E-state index contributed by atoms with van der Waals surface area (Å²) in [6, 6.07) is 7.82. The Hall–Kier alpha value is -2.74. The van der Waals surface area contributed by atoms with E-state index in [4.69, 9.17) is 9.26 Å². The Morgan fingerprint density at radius 3 is 3.12 bits per heavy atom. The summed E-state index contributed by atoms with van der Waals surface area (Å²) in [6.45, 7) is 1.97. The number of aromatic nitrogens is 5. The number of hydrogen-bond acceptors (Lipinski definition) is 7. The molecule has 0 amide bonds. The Morgan fingerprint density at radius 2 is 2.29 bits per heavy atom. The Kier molecular flexibility index (Phi) is 3.96. The van der Waals surface area contributed by atoms with Gasteiger partial charge in [-0.2, -0.15) is 4.98 Å². The number of nitrogens with one attached hydrogen (secondary N) is 1. The van der Waals surface area contributed by atoms with Crippen molar-refractivity contribution in [1.29, 1.82) is 0 Å². The molecule has 124 valence electrons. The van der Waals surface area contributed by atoms with Gasteiger partial charge in [0.25, 0.3) is 5.89 Å². The van der Waals surface area contributed by atoms with Crippen molar-refractivity contribution in [1.82, 2.24) is 30.2 Å². The van der Waals surface area contributed by atoms with Crippen LogP contribution in [-0.4, -0.2) is 45.1 Å². The number of nitrogens with zero attached hydrogens (tertiary/aromatic N) is 5. The van der Waals surface area contributed by atoms with E-state index in [0.717, 1.165) is 37.2 Å². The van der Waals surface area contributed by atoms with E-state index < -0.39 is 0 Å². The van der Waals surface area contributed by atoms with Gasteiger partial charge in [0.05, 0.1) is 13.2 Å². The third-order valence-electron chi connectivity index (χ3n) is 4.10. The van der Waals surface area contributed by atoms with Crippen LogP contribution in [0.2, 0.25) is 0 Å². The van der Waals surface area contributed by atoms with Crippen molar-refractivity contribution in [2.75, 3.05) is 20.2 Å². The number of ether oxygens (including phenoxy) is 1. The molecule has 0 spiro atoms. The molecule has 0 radical (unpaired) electrons. The van der Waals surface area contributed by atoms with E-state index in [1.807, 2.05) is 28.9 Å². The molecule has 3 heterocycles. The molecular formula is C16H18N6O2. The molecule has 0 aliphatic carbocycles. The van der Waals surface area contributed by atoms with Gasteiger partial charge in [-0.05, 0) is 31.5 Å². The van der Waals surface area contributed by atoms with E-state index in [1.54, 1.807) is 13.4 Å². The van der Waals surface area contributed by atoms with Crippen molar-refractivity contribution in [3.05, 3.63) is 30.6 Å². The molecule has 1 atom stereocenters. The molecule has 1 fully saturated rings. The first-order chi connectivity index (χ1) is 11.8. The predicted octanol–water partition coefficient (Wildman–Crippen LogP) is 1.93. The van der Waals surface area contributed by atoms with Crippen LogP contribution in [0, 0.1) is 0 Å². The highest BCUT2D eigenvalue weighted by Gasteiger charge is 2.19. The van der Waals surface area contributed by atoms with Crippen LogP contribution in [0.3, 0.4) is 0 Å². The third kappa shape index (κ3) is 2.88. The summed E-state index contributed by atoms with van der Waals surface area (Å²) in [6.07, 6.45) is 3.96. The molecule has 24 heavy (non-hydrogen) atoms. The van der Waals surface area contributed by atoms with Crippen LogP contribution in [0.4, 0.5) is 0 Å². The zero-order chi connectivity index (χ0) is 16.4. The normalized spacial score (nSPS) is 17.8. The maximum atomic E-state index is 5.32. The fourth-order valence-electron chi connectivity index (χ4n) is 2.80. The highest BCUT2D eigenvalue weighted by Crippen LogP contribution is 2.24. The molecule has 8 nitrogen and oxygen atoms in total. The van der Waals surface area contributed by atoms with Crippen LogP contribution >= 0.6 is 0 Å².